The van der Waals surface area contributed by atoms with Gasteiger partial charge in [0.15, 0.2) is 0 Å². The van der Waals surface area contributed by atoms with Crippen LogP contribution in [0.15, 0.2) is 0 Å². The maximum atomic E-state index is 11.8. The van der Waals surface area contributed by atoms with Crippen LogP contribution in [0, 0.1) is 5.92 Å². The van der Waals surface area contributed by atoms with Crippen LogP contribution < -0.4 is 0 Å². The van der Waals surface area contributed by atoms with E-state index < -0.39 is 7.60 Å². The Balaban J connectivity index is 4.22. The molecule has 0 heterocycles. The summed E-state index contributed by atoms with van der Waals surface area (Å²) in [5.41, 5.74) is 0. The molecular weight excluding hydrogens is 191 g/mol. The van der Waals surface area contributed by atoms with Crippen LogP contribution in [0.1, 0.15) is 20.8 Å². The molecule has 0 rings (SSSR count). The number of carbonyl (C=O) groups excluding carboxylic acids is 1. The van der Waals surface area contributed by atoms with E-state index in [1.807, 2.05) is 0 Å². The van der Waals surface area contributed by atoms with Gasteiger partial charge in [0.1, 0.15) is 6.29 Å². The van der Waals surface area contributed by atoms with Gasteiger partial charge in [0.2, 0.25) is 0 Å². The summed E-state index contributed by atoms with van der Waals surface area (Å²) in [5.74, 6) is -0.288. The maximum Gasteiger partial charge on any atom is 0.331 e. The summed E-state index contributed by atoms with van der Waals surface area (Å²) >= 11 is 0. The zero-order chi connectivity index (χ0) is 10.3. The van der Waals surface area contributed by atoms with Gasteiger partial charge < -0.3 is 13.8 Å². The highest BCUT2D eigenvalue weighted by atomic mass is 31.2. The molecule has 0 aliphatic carbocycles. The molecule has 5 heteroatoms. The van der Waals surface area contributed by atoms with Crippen LogP contribution in [0.4, 0.5) is 0 Å². The molecule has 0 aliphatic rings. The summed E-state index contributed by atoms with van der Waals surface area (Å²) in [6.07, 6.45) is 0.920. The summed E-state index contributed by atoms with van der Waals surface area (Å²) in [7, 11) is -3.02. The lowest BCUT2D eigenvalue weighted by molar-refractivity contribution is -0.110. The molecule has 0 aromatic carbocycles. The molecule has 78 valence electrons. The molecule has 0 N–H and O–H groups in total. The van der Waals surface area contributed by atoms with E-state index >= 15 is 0 Å². The lowest BCUT2D eigenvalue weighted by Crippen LogP contribution is -2.08. The predicted molar refractivity (Wildman–Crippen MR) is 51.0 cm³/mol. The molecule has 0 saturated carbocycles. The van der Waals surface area contributed by atoms with E-state index in [1.165, 1.54) is 0 Å². The van der Waals surface area contributed by atoms with Crippen LogP contribution in [-0.4, -0.2) is 25.7 Å². The third-order valence-corrected chi connectivity index (χ3v) is 3.72. The van der Waals surface area contributed by atoms with Gasteiger partial charge in [-0.15, -0.1) is 0 Å². The van der Waals surface area contributed by atoms with Crippen molar-refractivity contribution in [2.75, 3.05) is 19.4 Å². The summed E-state index contributed by atoms with van der Waals surface area (Å²) in [6.45, 7) is 5.86. The zero-order valence-corrected chi connectivity index (χ0v) is 9.25. The first-order valence-corrected chi connectivity index (χ1v) is 6.14. The van der Waals surface area contributed by atoms with Gasteiger partial charge >= 0.3 is 7.60 Å². The molecule has 0 aromatic heterocycles. The molecule has 0 bridgehead atoms. The van der Waals surface area contributed by atoms with Gasteiger partial charge in [0.25, 0.3) is 0 Å². The standard InChI is InChI=1S/C8H17O4P/c1-4-11-13(10,12-5-2)7-8(3)6-9/h6,8H,4-5,7H2,1-3H3. The fraction of sp³-hybridized carbons (Fsp3) is 0.875. The van der Waals surface area contributed by atoms with Crippen molar-refractivity contribution in [1.29, 1.82) is 0 Å². The van der Waals surface area contributed by atoms with Crippen LogP contribution in [0.2, 0.25) is 0 Å². The first-order chi connectivity index (χ1) is 6.08. The first kappa shape index (κ1) is 12.8. The van der Waals surface area contributed by atoms with Crippen molar-refractivity contribution >= 4 is 13.9 Å². The lowest BCUT2D eigenvalue weighted by Gasteiger charge is -2.17. The molecule has 0 aliphatic heterocycles. The largest absolute Gasteiger partial charge is 0.331 e. The Kier molecular flexibility index (Phi) is 6.21. The Morgan fingerprint density at radius 3 is 2.08 bits per heavy atom. The Hall–Kier alpha value is -0.180. The van der Waals surface area contributed by atoms with E-state index in [-0.39, 0.29) is 12.1 Å². The normalized spacial score (nSPS) is 14.1. The molecule has 1 unspecified atom stereocenters. The van der Waals surface area contributed by atoms with Crippen molar-refractivity contribution < 1.29 is 18.4 Å². The average molecular weight is 208 g/mol. The quantitative estimate of drug-likeness (QED) is 0.474. The van der Waals surface area contributed by atoms with Crippen molar-refractivity contribution in [2.45, 2.75) is 20.8 Å². The topological polar surface area (TPSA) is 52.6 Å². The second-order valence-corrected chi connectivity index (χ2v) is 4.85. The lowest BCUT2D eigenvalue weighted by atomic mass is 10.3. The van der Waals surface area contributed by atoms with Crippen molar-refractivity contribution in [1.82, 2.24) is 0 Å². The molecule has 1 atom stereocenters. The number of carbonyl (C=O) groups is 1. The minimum Gasteiger partial charge on any atom is -0.309 e. The van der Waals surface area contributed by atoms with Gasteiger partial charge in [0.05, 0.1) is 19.4 Å². The SMILES string of the molecule is CCOP(=O)(CC(C)C=O)OCC. The highest BCUT2D eigenvalue weighted by Crippen LogP contribution is 2.49. The van der Waals surface area contributed by atoms with Crippen molar-refractivity contribution in [3.05, 3.63) is 0 Å². The van der Waals surface area contributed by atoms with Gasteiger partial charge in [-0.3, -0.25) is 4.57 Å². The molecule has 0 aromatic rings. The van der Waals surface area contributed by atoms with E-state index in [2.05, 4.69) is 0 Å². The Bertz CT molecular complexity index is 183. The third-order valence-electron chi connectivity index (χ3n) is 1.40. The van der Waals surface area contributed by atoms with Crippen molar-refractivity contribution in [2.24, 2.45) is 5.92 Å². The minimum absolute atomic E-state index is 0.165. The molecular formula is C8H17O4P. The Morgan fingerprint density at radius 1 is 1.31 bits per heavy atom. The Labute approximate surface area is 79.1 Å². The summed E-state index contributed by atoms with van der Waals surface area (Å²) in [4.78, 5) is 10.4. The fourth-order valence-electron chi connectivity index (χ4n) is 0.932. The molecule has 0 fully saturated rings. The second-order valence-electron chi connectivity index (χ2n) is 2.74. The second kappa shape index (κ2) is 6.30. The van der Waals surface area contributed by atoms with Crippen LogP contribution in [0.3, 0.4) is 0 Å². The smallest absolute Gasteiger partial charge is 0.309 e. The summed E-state index contributed by atoms with van der Waals surface area (Å²) < 4.78 is 21.8. The van der Waals surface area contributed by atoms with Gasteiger partial charge in [-0.05, 0) is 13.8 Å². The minimum atomic E-state index is -3.02. The fourth-order valence-corrected chi connectivity index (χ4v) is 2.80. The molecule has 0 saturated heterocycles. The monoisotopic (exact) mass is 208 g/mol. The number of hydrogen-bond donors (Lipinski definition) is 0. The predicted octanol–water partition coefficient (Wildman–Crippen LogP) is 2.09. The Morgan fingerprint density at radius 2 is 1.77 bits per heavy atom. The van der Waals surface area contributed by atoms with Crippen molar-refractivity contribution in [3.63, 3.8) is 0 Å². The molecule has 0 radical (unpaired) electrons. The van der Waals surface area contributed by atoms with E-state index in [0.29, 0.717) is 13.2 Å². The number of hydrogen-bond acceptors (Lipinski definition) is 4. The molecule has 0 spiro atoms. The van der Waals surface area contributed by atoms with Gasteiger partial charge in [-0.25, -0.2) is 0 Å². The molecule has 0 amide bonds. The van der Waals surface area contributed by atoms with Crippen LogP contribution in [-0.2, 0) is 18.4 Å². The molecule has 4 nitrogen and oxygen atoms in total. The van der Waals surface area contributed by atoms with Gasteiger partial charge in [-0.1, -0.05) is 6.92 Å². The van der Waals surface area contributed by atoms with Crippen molar-refractivity contribution in [3.8, 4) is 0 Å². The van der Waals surface area contributed by atoms with E-state index in [4.69, 9.17) is 9.05 Å². The van der Waals surface area contributed by atoms with E-state index in [1.54, 1.807) is 20.8 Å². The molecule has 13 heavy (non-hydrogen) atoms. The summed E-state index contributed by atoms with van der Waals surface area (Å²) in [5, 5.41) is 0. The van der Waals surface area contributed by atoms with Gasteiger partial charge in [0, 0.05) is 5.92 Å². The average Bonchev–Trinajstić information content (AvgIpc) is 2.04. The van der Waals surface area contributed by atoms with E-state index in [0.717, 1.165) is 6.29 Å². The van der Waals surface area contributed by atoms with Gasteiger partial charge in [-0.2, -0.15) is 0 Å². The van der Waals surface area contributed by atoms with E-state index in [9.17, 15) is 9.36 Å². The summed E-state index contributed by atoms with van der Waals surface area (Å²) in [6, 6.07) is 0. The third kappa shape index (κ3) is 5.19. The maximum absolute atomic E-state index is 11.8. The van der Waals surface area contributed by atoms with Crippen LogP contribution >= 0.6 is 7.60 Å². The highest BCUT2D eigenvalue weighted by molar-refractivity contribution is 7.53. The number of rotatable bonds is 7. The highest BCUT2D eigenvalue weighted by Gasteiger charge is 2.25. The zero-order valence-electron chi connectivity index (χ0n) is 8.36. The van der Waals surface area contributed by atoms with Crippen LogP contribution in [0.5, 0.6) is 0 Å². The van der Waals surface area contributed by atoms with Crippen LogP contribution in [0.25, 0.3) is 0 Å². The number of aldehydes is 1. The first-order valence-electron chi connectivity index (χ1n) is 4.41.